The van der Waals surface area contributed by atoms with E-state index in [1.807, 2.05) is 6.08 Å². The first-order valence-electron chi connectivity index (χ1n) is 19.1. The van der Waals surface area contributed by atoms with Crippen molar-refractivity contribution in [3.63, 3.8) is 0 Å². The minimum Gasteiger partial charge on any atom is -0.456 e. The Kier molecular flexibility index (Phi) is 7.14. The summed E-state index contributed by atoms with van der Waals surface area (Å²) in [6, 6.07) is 52.0. The lowest BCUT2D eigenvalue weighted by Gasteiger charge is -2.22. The van der Waals surface area contributed by atoms with Crippen LogP contribution in [0.25, 0.3) is 98.2 Å². The van der Waals surface area contributed by atoms with Gasteiger partial charge in [0.05, 0.1) is 15.9 Å². The molecule has 0 aliphatic heterocycles. The van der Waals surface area contributed by atoms with Gasteiger partial charge in [-0.05, 0) is 80.6 Å². The Labute approximate surface area is 328 Å². The molecule has 0 amide bonds. The Morgan fingerprint density at radius 2 is 1.23 bits per heavy atom. The Balaban J connectivity index is 1.17. The number of fused-ring (bicyclic) bond motifs is 7. The highest BCUT2D eigenvalue weighted by Gasteiger charge is 2.37. The molecule has 11 rings (SSSR count). The maximum absolute atomic E-state index is 6.72. The van der Waals surface area contributed by atoms with Gasteiger partial charge in [-0.25, -0.2) is 9.97 Å². The fourth-order valence-electron chi connectivity index (χ4n) is 9.13. The predicted octanol–water partition coefficient (Wildman–Crippen LogP) is 14.7. The maximum Gasteiger partial charge on any atom is 0.161 e. The van der Waals surface area contributed by atoms with Crippen LogP contribution in [-0.4, -0.2) is 9.97 Å². The molecular weight excluding hydrogens is 701 g/mol. The van der Waals surface area contributed by atoms with Crippen LogP contribution in [0.1, 0.15) is 43.2 Å². The van der Waals surface area contributed by atoms with Crippen LogP contribution in [0.4, 0.5) is 0 Å². The lowest BCUT2D eigenvalue weighted by Crippen LogP contribution is -2.15. The third-order valence-electron chi connectivity index (χ3n) is 12.0. The van der Waals surface area contributed by atoms with Crippen LogP contribution in [-0.2, 0) is 5.41 Å². The quantitative estimate of drug-likeness (QED) is 0.165. The van der Waals surface area contributed by atoms with Crippen molar-refractivity contribution in [2.24, 2.45) is 0 Å². The standard InChI is InChI=1S/C52H36N2OS/c1-5-41-47(44-30(2)52(3,4)40-25-15-13-23-37(40)44)38-28-27-32(29-42(38)55-41)45-33-19-9-11-21-35(33)46(36-22-12-10-20-34(36)45)51-53-48(31-17-7-6-8-18-31)50-49(54-51)39-24-14-16-26-43(39)56-50/h5-29H,1H2,2-4H3. The number of hydrogen-bond acceptors (Lipinski definition) is 4. The average molecular weight is 737 g/mol. The second kappa shape index (κ2) is 12.2. The van der Waals surface area contributed by atoms with Gasteiger partial charge in [-0.1, -0.05) is 153 Å². The monoisotopic (exact) mass is 736 g/mol. The summed E-state index contributed by atoms with van der Waals surface area (Å²) in [5.74, 6) is 1.52. The van der Waals surface area contributed by atoms with Crippen LogP contribution in [0.2, 0.25) is 0 Å². The molecule has 0 bridgehead atoms. The molecule has 10 aromatic rings. The van der Waals surface area contributed by atoms with E-state index in [0.29, 0.717) is 0 Å². The van der Waals surface area contributed by atoms with E-state index in [0.717, 1.165) is 93.2 Å². The lowest BCUT2D eigenvalue weighted by atomic mass is 9.82. The molecular formula is C52H36N2OS. The zero-order valence-corrected chi connectivity index (χ0v) is 32.2. The molecule has 266 valence electrons. The molecule has 0 N–H and O–H groups in total. The van der Waals surface area contributed by atoms with E-state index in [2.05, 4.69) is 173 Å². The van der Waals surface area contributed by atoms with Crippen molar-refractivity contribution in [2.75, 3.05) is 0 Å². The van der Waals surface area contributed by atoms with E-state index in [-0.39, 0.29) is 5.41 Å². The molecule has 3 nitrogen and oxygen atoms in total. The second-order valence-corrected chi connectivity index (χ2v) is 16.4. The zero-order valence-electron chi connectivity index (χ0n) is 31.4. The van der Waals surface area contributed by atoms with Crippen LogP contribution < -0.4 is 0 Å². The summed E-state index contributed by atoms with van der Waals surface area (Å²) in [5.41, 5.74) is 13.4. The fraction of sp³-hybridized carbons (Fsp3) is 0.0769. The highest BCUT2D eigenvalue weighted by Crippen LogP contribution is 2.52. The van der Waals surface area contributed by atoms with Gasteiger partial charge < -0.3 is 4.42 Å². The molecule has 1 aliphatic rings. The maximum atomic E-state index is 6.72. The molecule has 3 aromatic heterocycles. The molecule has 0 saturated heterocycles. The number of thiophene rings is 1. The lowest BCUT2D eigenvalue weighted by molar-refractivity contribution is 0.603. The molecule has 0 radical (unpaired) electrons. The van der Waals surface area contributed by atoms with Crippen LogP contribution in [0.15, 0.2) is 162 Å². The van der Waals surface area contributed by atoms with E-state index in [9.17, 15) is 0 Å². The molecule has 1 aliphatic carbocycles. The Hall–Kier alpha value is -6.62. The van der Waals surface area contributed by atoms with Crippen molar-refractivity contribution >= 4 is 75.8 Å². The molecule has 0 atom stereocenters. The summed E-state index contributed by atoms with van der Waals surface area (Å²) in [6.45, 7) is 11.1. The first kappa shape index (κ1) is 32.8. The van der Waals surface area contributed by atoms with Gasteiger partial charge in [-0.2, -0.15) is 0 Å². The zero-order chi connectivity index (χ0) is 37.7. The van der Waals surface area contributed by atoms with Gasteiger partial charge >= 0.3 is 0 Å². The molecule has 0 unspecified atom stereocenters. The van der Waals surface area contributed by atoms with Crippen LogP contribution in [0.3, 0.4) is 0 Å². The topological polar surface area (TPSA) is 38.9 Å². The Morgan fingerprint density at radius 3 is 1.95 bits per heavy atom. The molecule has 56 heavy (non-hydrogen) atoms. The van der Waals surface area contributed by atoms with Crippen LogP contribution in [0.5, 0.6) is 0 Å². The third-order valence-corrected chi connectivity index (χ3v) is 13.2. The van der Waals surface area contributed by atoms with Crippen LogP contribution in [0, 0.1) is 0 Å². The summed E-state index contributed by atoms with van der Waals surface area (Å²) < 4.78 is 9.04. The summed E-state index contributed by atoms with van der Waals surface area (Å²) in [5, 5.41) is 6.74. The van der Waals surface area contributed by atoms with Gasteiger partial charge in [-0.3, -0.25) is 0 Å². The second-order valence-electron chi connectivity index (χ2n) is 15.3. The molecule has 7 aromatic carbocycles. The van der Waals surface area contributed by atoms with Crippen molar-refractivity contribution in [1.29, 1.82) is 0 Å². The SMILES string of the molecule is C=Cc1oc2cc(-c3c4ccccc4c(-c4nc(-c5ccccc5)c5sc6ccccc6c5n4)c4ccccc34)ccc2c1C1=C(C)C(C)(C)c2ccccc21. The smallest absolute Gasteiger partial charge is 0.161 e. The van der Waals surface area contributed by atoms with Crippen LogP contribution >= 0.6 is 11.3 Å². The van der Waals surface area contributed by atoms with Gasteiger partial charge in [0.25, 0.3) is 0 Å². The molecule has 3 heterocycles. The first-order valence-corrected chi connectivity index (χ1v) is 19.9. The number of hydrogen-bond donors (Lipinski definition) is 0. The van der Waals surface area contributed by atoms with E-state index in [1.165, 1.54) is 27.0 Å². The largest absolute Gasteiger partial charge is 0.456 e. The molecule has 0 spiro atoms. The van der Waals surface area contributed by atoms with Gasteiger partial charge in [0, 0.05) is 37.6 Å². The molecule has 0 saturated carbocycles. The summed E-state index contributed by atoms with van der Waals surface area (Å²) in [4.78, 5) is 10.9. The fourth-order valence-corrected chi connectivity index (χ4v) is 10.3. The van der Waals surface area contributed by atoms with E-state index < -0.39 is 0 Å². The number of aromatic nitrogens is 2. The predicted molar refractivity (Wildman–Crippen MR) is 237 cm³/mol. The summed E-state index contributed by atoms with van der Waals surface area (Å²) >= 11 is 1.76. The number of rotatable bonds is 5. The van der Waals surface area contributed by atoms with E-state index in [4.69, 9.17) is 14.4 Å². The van der Waals surface area contributed by atoms with Crippen molar-refractivity contribution in [3.05, 3.63) is 180 Å². The van der Waals surface area contributed by atoms with E-state index >= 15 is 0 Å². The third kappa shape index (κ3) is 4.63. The number of furan rings is 1. The highest BCUT2D eigenvalue weighted by molar-refractivity contribution is 7.26. The highest BCUT2D eigenvalue weighted by atomic mass is 32.1. The number of nitrogens with zero attached hydrogens (tertiary/aromatic N) is 2. The van der Waals surface area contributed by atoms with E-state index in [1.54, 1.807) is 11.3 Å². The van der Waals surface area contributed by atoms with Crippen molar-refractivity contribution in [3.8, 4) is 33.8 Å². The number of allylic oxidation sites excluding steroid dienone is 1. The van der Waals surface area contributed by atoms with Gasteiger partial charge in [0.2, 0.25) is 0 Å². The minimum absolute atomic E-state index is 0.0832. The minimum atomic E-state index is -0.0832. The Morgan fingerprint density at radius 1 is 0.607 bits per heavy atom. The van der Waals surface area contributed by atoms with Gasteiger partial charge in [-0.15, -0.1) is 11.3 Å². The van der Waals surface area contributed by atoms with Gasteiger partial charge in [0.15, 0.2) is 5.82 Å². The summed E-state index contributed by atoms with van der Waals surface area (Å²) in [7, 11) is 0. The molecule has 0 fully saturated rings. The normalized spacial score (nSPS) is 13.8. The van der Waals surface area contributed by atoms with Crippen molar-refractivity contribution in [2.45, 2.75) is 26.2 Å². The Bertz CT molecular complexity index is 3250. The van der Waals surface area contributed by atoms with Crippen molar-refractivity contribution in [1.82, 2.24) is 9.97 Å². The van der Waals surface area contributed by atoms with Gasteiger partial charge in [0.1, 0.15) is 11.3 Å². The molecule has 4 heteroatoms. The summed E-state index contributed by atoms with van der Waals surface area (Å²) in [6.07, 6.45) is 1.86. The average Bonchev–Trinajstić information content (AvgIpc) is 3.86. The van der Waals surface area contributed by atoms with Crippen molar-refractivity contribution < 1.29 is 4.42 Å². The number of benzene rings is 7. The first-order chi connectivity index (χ1) is 27.4.